The number of aliphatic hydroxyl groups is 3. The molecule has 0 radical (unpaired) electrons. The van der Waals surface area contributed by atoms with Crippen molar-refractivity contribution in [1.29, 1.82) is 0 Å². The first-order chi connectivity index (χ1) is 15.5. The highest BCUT2D eigenvalue weighted by Gasteiger charge is 2.55. The minimum Gasteiger partial charge on any atom is -0.393 e. The first kappa shape index (κ1) is 26.7. The van der Waals surface area contributed by atoms with Crippen LogP contribution in [0.5, 0.6) is 0 Å². The Morgan fingerprint density at radius 3 is 2.64 bits per heavy atom. The minimum absolute atomic E-state index is 0.221. The van der Waals surface area contributed by atoms with Crippen LogP contribution in [0, 0.1) is 23.2 Å². The van der Waals surface area contributed by atoms with Crippen LogP contribution >= 0.6 is 0 Å². The summed E-state index contributed by atoms with van der Waals surface area (Å²) in [5, 5.41) is 30.5. The van der Waals surface area contributed by atoms with Crippen LogP contribution in [-0.2, 0) is 4.74 Å². The minimum atomic E-state index is -0.646. The van der Waals surface area contributed by atoms with Crippen LogP contribution in [-0.4, -0.2) is 45.8 Å². The summed E-state index contributed by atoms with van der Waals surface area (Å²) in [5.74, 6) is 1.63. The Morgan fingerprint density at radius 1 is 1.24 bits per heavy atom. The van der Waals surface area contributed by atoms with Crippen LogP contribution in [0.1, 0.15) is 92.4 Å². The van der Waals surface area contributed by atoms with Gasteiger partial charge in [-0.15, -0.1) is 0 Å². The van der Waals surface area contributed by atoms with E-state index in [1.807, 2.05) is 13.8 Å². The van der Waals surface area contributed by atoms with Gasteiger partial charge in [0, 0.05) is 18.9 Å². The molecule has 0 spiro atoms. The van der Waals surface area contributed by atoms with E-state index in [4.69, 9.17) is 4.74 Å². The molecule has 3 aliphatic rings. The smallest absolute Gasteiger partial charge is 0.0811 e. The third-order valence-corrected chi connectivity index (χ3v) is 8.78. The molecule has 4 nitrogen and oxygen atoms in total. The van der Waals surface area contributed by atoms with Gasteiger partial charge in [0.25, 0.3) is 0 Å². The molecule has 0 saturated heterocycles. The number of aliphatic hydroxyl groups excluding tert-OH is 2. The Morgan fingerprint density at radius 2 is 1.97 bits per heavy atom. The highest BCUT2D eigenvalue weighted by Crippen LogP contribution is 2.60. The second kappa shape index (κ2) is 10.8. The Hall–Kier alpha value is -0.940. The Bertz CT molecular complexity index is 745. The zero-order valence-corrected chi connectivity index (χ0v) is 21.6. The molecule has 0 aromatic rings. The molecule has 33 heavy (non-hydrogen) atoms. The standard InChI is InChI=1S/C29H48O4/c1-7-33-26-18-24(19(2)10-8-14-28(4,5)32)29(6)15-9-11-21(27(26)29)12-13-22-16-23(30)17-25(31)20(22)3/h12-13,19,23-27,30-32H,3,7-11,14-18H2,1-2,4-6H3/b21-12+,22-13-/t19-,23-,24-,25+,26+,27-,29-/m1/s1. The maximum absolute atomic E-state index is 10.2. The van der Waals surface area contributed by atoms with Crippen LogP contribution in [0.3, 0.4) is 0 Å². The summed E-state index contributed by atoms with van der Waals surface area (Å²) in [6, 6.07) is 0. The van der Waals surface area contributed by atoms with Crippen LogP contribution in [0.2, 0.25) is 0 Å². The summed E-state index contributed by atoms with van der Waals surface area (Å²) in [5.41, 5.74) is 2.82. The second-order valence-corrected chi connectivity index (χ2v) is 11.9. The van der Waals surface area contributed by atoms with Crippen LogP contribution in [0.4, 0.5) is 0 Å². The maximum Gasteiger partial charge on any atom is 0.0811 e. The van der Waals surface area contributed by atoms with Crippen LogP contribution in [0.25, 0.3) is 0 Å². The van der Waals surface area contributed by atoms with E-state index in [1.54, 1.807) is 0 Å². The van der Waals surface area contributed by atoms with E-state index < -0.39 is 17.8 Å². The number of hydrogen-bond acceptors (Lipinski definition) is 4. The fourth-order valence-electron chi connectivity index (χ4n) is 7.11. The van der Waals surface area contributed by atoms with Crippen molar-refractivity contribution in [2.24, 2.45) is 23.2 Å². The Balaban J connectivity index is 1.82. The van der Waals surface area contributed by atoms with Gasteiger partial charge in [-0.1, -0.05) is 51.0 Å². The van der Waals surface area contributed by atoms with Gasteiger partial charge in [-0.25, -0.2) is 0 Å². The maximum atomic E-state index is 10.2. The van der Waals surface area contributed by atoms with Crippen molar-refractivity contribution >= 4 is 0 Å². The van der Waals surface area contributed by atoms with Crippen molar-refractivity contribution in [3.05, 3.63) is 35.5 Å². The number of hydrogen-bond donors (Lipinski definition) is 3. The van der Waals surface area contributed by atoms with Crippen molar-refractivity contribution < 1.29 is 20.1 Å². The van der Waals surface area contributed by atoms with Crippen molar-refractivity contribution in [2.75, 3.05) is 6.61 Å². The van der Waals surface area contributed by atoms with E-state index in [9.17, 15) is 15.3 Å². The molecule has 0 bridgehead atoms. The molecule has 3 rings (SSSR count). The highest BCUT2D eigenvalue weighted by molar-refractivity contribution is 5.39. The van der Waals surface area contributed by atoms with Gasteiger partial charge in [-0.2, -0.15) is 0 Å². The third-order valence-electron chi connectivity index (χ3n) is 8.78. The SMILES string of the molecule is C=C1/C(=C\C=C2/CCC[C@]3(C)[C@@H]([C@H](C)CCCC(C)(C)O)C[C@H](OCC)[C@@H]23)C[C@@H](O)C[C@@H]1O. The van der Waals surface area contributed by atoms with Gasteiger partial charge < -0.3 is 20.1 Å². The zero-order valence-electron chi connectivity index (χ0n) is 21.6. The summed E-state index contributed by atoms with van der Waals surface area (Å²) in [6.07, 6.45) is 12.1. The van der Waals surface area contributed by atoms with Crippen molar-refractivity contribution in [2.45, 2.75) is 116 Å². The van der Waals surface area contributed by atoms with E-state index in [2.05, 4.69) is 39.5 Å². The summed E-state index contributed by atoms with van der Waals surface area (Å²) in [6.45, 7) is 15.6. The van der Waals surface area contributed by atoms with Gasteiger partial charge in [-0.05, 0) is 87.7 Å². The molecule has 3 fully saturated rings. The van der Waals surface area contributed by atoms with Crippen molar-refractivity contribution in [3.63, 3.8) is 0 Å². The zero-order chi connectivity index (χ0) is 24.4. The lowest BCUT2D eigenvalue weighted by molar-refractivity contribution is 0.0149. The summed E-state index contributed by atoms with van der Waals surface area (Å²) < 4.78 is 6.35. The third kappa shape index (κ3) is 6.20. The van der Waals surface area contributed by atoms with Gasteiger partial charge in [0.15, 0.2) is 0 Å². The van der Waals surface area contributed by atoms with Gasteiger partial charge in [0.1, 0.15) is 0 Å². The van der Waals surface area contributed by atoms with E-state index in [0.29, 0.717) is 30.6 Å². The fourth-order valence-corrected chi connectivity index (χ4v) is 7.11. The number of rotatable bonds is 8. The predicted octanol–water partition coefficient (Wildman–Crippen LogP) is 5.72. The van der Waals surface area contributed by atoms with Gasteiger partial charge in [0.05, 0.1) is 23.9 Å². The first-order valence-electron chi connectivity index (χ1n) is 13.2. The molecule has 3 saturated carbocycles. The number of allylic oxidation sites excluding steroid dienone is 2. The van der Waals surface area contributed by atoms with E-state index in [-0.39, 0.29) is 11.5 Å². The number of fused-ring (bicyclic) bond motifs is 1. The Kier molecular flexibility index (Phi) is 8.70. The molecule has 0 aliphatic heterocycles. The normalized spacial score (nSPS) is 38.7. The molecule has 0 heterocycles. The summed E-state index contributed by atoms with van der Waals surface area (Å²) >= 11 is 0. The predicted molar refractivity (Wildman–Crippen MR) is 135 cm³/mol. The summed E-state index contributed by atoms with van der Waals surface area (Å²) in [4.78, 5) is 0. The molecular formula is C29H48O4. The van der Waals surface area contributed by atoms with Gasteiger partial charge >= 0.3 is 0 Å². The molecule has 0 unspecified atom stereocenters. The average Bonchev–Trinajstić information content (AvgIpc) is 3.01. The lowest BCUT2D eigenvalue weighted by Crippen LogP contribution is -2.38. The molecule has 0 aromatic carbocycles. The molecular weight excluding hydrogens is 412 g/mol. The van der Waals surface area contributed by atoms with Crippen molar-refractivity contribution in [3.8, 4) is 0 Å². The van der Waals surface area contributed by atoms with E-state index >= 15 is 0 Å². The topological polar surface area (TPSA) is 69.9 Å². The lowest BCUT2D eigenvalue weighted by atomic mass is 9.60. The average molecular weight is 461 g/mol. The largest absolute Gasteiger partial charge is 0.393 e. The molecule has 7 atom stereocenters. The molecule has 0 amide bonds. The molecule has 188 valence electrons. The van der Waals surface area contributed by atoms with Crippen molar-refractivity contribution in [1.82, 2.24) is 0 Å². The Labute approximate surface area is 201 Å². The van der Waals surface area contributed by atoms with Crippen LogP contribution in [0.15, 0.2) is 35.5 Å². The highest BCUT2D eigenvalue weighted by atomic mass is 16.5. The summed E-state index contributed by atoms with van der Waals surface area (Å²) in [7, 11) is 0. The molecule has 0 aromatic heterocycles. The quantitative estimate of drug-likeness (QED) is 0.433. The van der Waals surface area contributed by atoms with Gasteiger partial charge in [-0.3, -0.25) is 0 Å². The molecule has 4 heteroatoms. The van der Waals surface area contributed by atoms with E-state index in [1.165, 1.54) is 18.4 Å². The fraction of sp³-hybridized carbons (Fsp3) is 0.793. The number of ether oxygens (including phenoxy) is 1. The monoisotopic (exact) mass is 460 g/mol. The van der Waals surface area contributed by atoms with Gasteiger partial charge in [0.2, 0.25) is 0 Å². The lowest BCUT2D eigenvalue weighted by Gasteiger charge is -2.45. The van der Waals surface area contributed by atoms with Crippen LogP contribution < -0.4 is 0 Å². The second-order valence-electron chi connectivity index (χ2n) is 11.9. The first-order valence-corrected chi connectivity index (χ1v) is 13.2. The molecule has 3 aliphatic carbocycles. The van der Waals surface area contributed by atoms with E-state index in [0.717, 1.165) is 49.9 Å². The molecule has 3 N–H and O–H groups in total.